The maximum Gasteiger partial charge on any atom is 0.416 e. The third kappa shape index (κ3) is 1.62. The number of hydrogen-bond acceptors (Lipinski definition) is 2. The lowest BCUT2D eigenvalue weighted by molar-refractivity contribution is -0.137. The van der Waals surface area contributed by atoms with Crippen LogP contribution in [0, 0.1) is 0 Å². The molecule has 6 heteroatoms. The minimum absolute atomic E-state index is 0.0211. The van der Waals surface area contributed by atoms with Gasteiger partial charge >= 0.3 is 6.18 Å². The molecule has 1 heterocycles. The van der Waals surface area contributed by atoms with Gasteiger partial charge < -0.3 is 10.7 Å². The number of aromatic amines is 1. The number of rotatable bonds is 0. The van der Waals surface area contributed by atoms with Crippen LogP contribution in [0.1, 0.15) is 5.56 Å². The number of benzene rings is 1. The minimum Gasteiger partial charge on any atom is -0.394 e. The summed E-state index contributed by atoms with van der Waals surface area (Å²) in [5, 5.41) is 0.146. The van der Waals surface area contributed by atoms with E-state index in [9.17, 15) is 18.0 Å². The first-order valence-corrected chi connectivity index (χ1v) is 4.38. The van der Waals surface area contributed by atoms with Gasteiger partial charge in [-0.05, 0) is 18.2 Å². The maximum absolute atomic E-state index is 12.4. The smallest absolute Gasteiger partial charge is 0.394 e. The van der Waals surface area contributed by atoms with Crippen molar-refractivity contribution in [3.8, 4) is 0 Å². The molecule has 16 heavy (non-hydrogen) atoms. The van der Waals surface area contributed by atoms with E-state index in [0.29, 0.717) is 0 Å². The van der Waals surface area contributed by atoms with Crippen molar-refractivity contribution in [2.45, 2.75) is 6.18 Å². The normalized spacial score (nSPS) is 11.9. The van der Waals surface area contributed by atoms with Crippen molar-refractivity contribution in [1.82, 2.24) is 4.98 Å². The highest BCUT2D eigenvalue weighted by Crippen LogP contribution is 2.30. The van der Waals surface area contributed by atoms with Gasteiger partial charge in [0.15, 0.2) is 0 Å². The molecule has 1 aromatic carbocycles. The third-order valence-electron chi connectivity index (χ3n) is 2.24. The third-order valence-corrected chi connectivity index (χ3v) is 2.24. The summed E-state index contributed by atoms with van der Waals surface area (Å²) in [6.07, 6.45) is -3.24. The number of fused-ring (bicyclic) bond motifs is 1. The molecule has 2 aromatic rings. The summed E-state index contributed by atoms with van der Waals surface area (Å²) in [6.45, 7) is 0. The topological polar surface area (TPSA) is 58.9 Å². The second kappa shape index (κ2) is 3.26. The number of pyridine rings is 1. The number of nitrogen functional groups attached to an aromatic ring is 1. The fourth-order valence-corrected chi connectivity index (χ4v) is 1.41. The summed E-state index contributed by atoms with van der Waals surface area (Å²) >= 11 is 0. The van der Waals surface area contributed by atoms with Gasteiger partial charge in [0.05, 0.1) is 11.3 Å². The molecule has 0 spiro atoms. The molecule has 1 aromatic heterocycles. The van der Waals surface area contributed by atoms with Crippen LogP contribution < -0.4 is 11.2 Å². The molecule has 0 saturated carbocycles. The largest absolute Gasteiger partial charge is 0.416 e. The Kier molecular flexibility index (Phi) is 2.15. The van der Waals surface area contributed by atoms with Crippen LogP contribution in [0.4, 0.5) is 18.9 Å². The molecule has 0 atom stereocenters. The van der Waals surface area contributed by atoms with Crippen molar-refractivity contribution in [3.05, 3.63) is 40.2 Å². The van der Waals surface area contributed by atoms with E-state index in [1.807, 2.05) is 0 Å². The minimum atomic E-state index is -4.42. The lowest BCUT2D eigenvalue weighted by Crippen LogP contribution is -2.10. The molecule has 0 saturated heterocycles. The van der Waals surface area contributed by atoms with Crippen LogP contribution in [0.3, 0.4) is 0 Å². The van der Waals surface area contributed by atoms with Crippen molar-refractivity contribution in [2.24, 2.45) is 0 Å². The Hall–Kier alpha value is -1.98. The average Bonchev–Trinajstić information content (AvgIpc) is 2.22. The average molecular weight is 228 g/mol. The van der Waals surface area contributed by atoms with Gasteiger partial charge in [-0.1, -0.05) is 0 Å². The quantitative estimate of drug-likeness (QED) is 0.725. The number of anilines is 1. The van der Waals surface area contributed by atoms with Crippen molar-refractivity contribution in [3.63, 3.8) is 0 Å². The van der Waals surface area contributed by atoms with Crippen molar-refractivity contribution in [1.29, 1.82) is 0 Å². The summed E-state index contributed by atoms with van der Waals surface area (Å²) in [6, 6.07) is 2.86. The van der Waals surface area contributed by atoms with Gasteiger partial charge in [-0.2, -0.15) is 13.2 Å². The molecule has 3 nitrogen and oxygen atoms in total. The van der Waals surface area contributed by atoms with E-state index in [-0.39, 0.29) is 16.6 Å². The first-order valence-electron chi connectivity index (χ1n) is 4.38. The number of halogens is 3. The number of nitrogens with one attached hydrogen (secondary N) is 1. The number of alkyl halides is 3. The number of nitrogens with two attached hydrogens (primary N) is 1. The van der Waals surface area contributed by atoms with Crippen molar-refractivity contribution < 1.29 is 13.2 Å². The molecule has 84 valence electrons. The van der Waals surface area contributed by atoms with E-state index in [1.54, 1.807) is 0 Å². The second-order valence-corrected chi connectivity index (χ2v) is 3.33. The fraction of sp³-hybridized carbons (Fsp3) is 0.100. The molecular weight excluding hydrogens is 221 g/mol. The zero-order chi connectivity index (χ0) is 11.9. The Balaban J connectivity index is 2.75. The number of H-pyrrole nitrogens is 1. The van der Waals surface area contributed by atoms with E-state index in [0.717, 1.165) is 18.2 Å². The molecule has 0 fully saturated rings. The van der Waals surface area contributed by atoms with E-state index in [1.165, 1.54) is 6.20 Å². The van der Waals surface area contributed by atoms with E-state index in [4.69, 9.17) is 5.73 Å². The summed E-state index contributed by atoms with van der Waals surface area (Å²) < 4.78 is 37.1. The van der Waals surface area contributed by atoms with Gasteiger partial charge in [0.1, 0.15) is 0 Å². The first-order chi connectivity index (χ1) is 7.39. The molecule has 0 radical (unpaired) electrons. The molecule has 0 aliphatic rings. The van der Waals surface area contributed by atoms with E-state index >= 15 is 0 Å². The standard InChI is InChI=1S/C10H7F3N2O/c11-10(12,13)5-1-2-6-8(3-5)15-4-7(14)9(6)16/h1-4H,14H2,(H,15,16). The lowest BCUT2D eigenvalue weighted by atomic mass is 10.1. The van der Waals surface area contributed by atoms with Crippen molar-refractivity contribution >= 4 is 16.6 Å². The molecule has 0 bridgehead atoms. The highest BCUT2D eigenvalue weighted by molar-refractivity contribution is 5.81. The van der Waals surface area contributed by atoms with Crippen LogP contribution in [0.15, 0.2) is 29.2 Å². The predicted molar refractivity (Wildman–Crippen MR) is 54.0 cm³/mol. The van der Waals surface area contributed by atoms with E-state index in [2.05, 4.69) is 4.98 Å². The zero-order valence-electron chi connectivity index (χ0n) is 7.93. The molecule has 2 rings (SSSR count). The molecule has 0 unspecified atom stereocenters. The zero-order valence-corrected chi connectivity index (χ0v) is 7.93. The molecular formula is C10H7F3N2O. The fourth-order valence-electron chi connectivity index (χ4n) is 1.41. The van der Waals surface area contributed by atoms with Gasteiger partial charge in [-0.3, -0.25) is 4.79 Å². The van der Waals surface area contributed by atoms with Crippen LogP contribution in [-0.2, 0) is 6.18 Å². The van der Waals surface area contributed by atoms with Gasteiger partial charge in [0.2, 0.25) is 5.43 Å². The van der Waals surface area contributed by atoms with E-state index < -0.39 is 17.2 Å². The predicted octanol–water partition coefficient (Wildman–Crippen LogP) is 2.13. The Labute approximate surface area is 87.7 Å². The second-order valence-electron chi connectivity index (χ2n) is 3.33. The summed E-state index contributed by atoms with van der Waals surface area (Å²) in [7, 11) is 0. The van der Waals surface area contributed by atoms with Gasteiger partial charge in [0, 0.05) is 17.1 Å². The highest BCUT2D eigenvalue weighted by Gasteiger charge is 2.30. The highest BCUT2D eigenvalue weighted by atomic mass is 19.4. The van der Waals surface area contributed by atoms with Gasteiger partial charge in [-0.25, -0.2) is 0 Å². The molecule has 0 aliphatic carbocycles. The van der Waals surface area contributed by atoms with Crippen LogP contribution in [0.25, 0.3) is 10.9 Å². The summed E-state index contributed by atoms with van der Waals surface area (Å²) in [5.74, 6) is 0. The van der Waals surface area contributed by atoms with Crippen LogP contribution in [0.5, 0.6) is 0 Å². The molecule has 3 N–H and O–H groups in total. The molecule has 0 aliphatic heterocycles. The Morgan fingerprint density at radius 1 is 1.25 bits per heavy atom. The SMILES string of the molecule is Nc1c[nH]c2cc(C(F)(F)F)ccc2c1=O. The first kappa shape index (κ1) is 10.5. The maximum atomic E-state index is 12.4. The Morgan fingerprint density at radius 3 is 2.56 bits per heavy atom. The van der Waals surface area contributed by atoms with Crippen LogP contribution in [-0.4, -0.2) is 4.98 Å². The van der Waals surface area contributed by atoms with Gasteiger partial charge in [0.25, 0.3) is 0 Å². The summed E-state index contributed by atoms with van der Waals surface area (Å²) in [5.41, 5.74) is 4.17. The van der Waals surface area contributed by atoms with Crippen molar-refractivity contribution in [2.75, 3.05) is 5.73 Å². The Morgan fingerprint density at radius 2 is 1.94 bits per heavy atom. The number of aromatic nitrogens is 1. The van der Waals surface area contributed by atoms with Crippen LogP contribution >= 0.6 is 0 Å². The van der Waals surface area contributed by atoms with Gasteiger partial charge in [-0.15, -0.1) is 0 Å². The monoisotopic (exact) mass is 228 g/mol. The molecule has 0 amide bonds. The lowest BCUT2D eigenvalue weighted by Gasteiger charge is -2.07. The Bertz CT molecular complexity index is 601. The van der Waals surface area contributed by atoms with Crippen LogP contribution in [0.2, 0.25) is 0 Å². The number of hydrogen-bond donors (Lipinski definition) is 2. The summed E-state index contributed by atoms with van der Waals surface area (Å²) in [4.78, 5) is 14.0.